The van der Waals surface area contributed by atoms with E-state index in [0.29, 0.717) is 0 Å². The molecule has 0 unspecified atom stereocenters. The van der Waals surface area contributed by atoms with Crippen LogP contribution in [0.25, 0.3) is 0 Å². The summed E-state index contributed by atoms with van der Waals surface area (Å²) in [4.78, 5) is 21.3. The van der Waals surface area contributed by atoms with Crippen LogP contribution in [-0.4, -0.2) is 10.8 Å². The number of halogens is 2. The van der Waals surface area contributed by atoms with Crippen LogP contribution >= 0.6 is 11.6 Å². The van der Waals surface area contributed by atoms with Crippen molar-refractivity contribution in [3.05, 3.63) is 62.9 Å². The van der Waals surface area contributed by atoms with Crippen molar-refractivity contribution >= 4 is 23.2 Å². The van der Waals surface area contributed by atoms with Gasteiger partial charge >= 0.3 is 5.69 Å². The van der Waals surface area contributed by atoms with Gasteiger partial charge in [0.1, 0.15) is 11.6 Å². The number of hydrogen-bond donors (Lipinski definition) is 1. The summed E-state index contributed by atoms with van der Waals surface area (Å²) in [5.41, 5.74) is 4.58. The van der Waals surface area contributed by atoms with Crippen molar-refractivity contribution in [1.82, 2.24) is 0 Å². The molecule has 1 amide bonds. The second kappa shape index (κ2) is 5.76. The van der Waals surface area contributed by atoms with Crippen LogP contribution in [0.3, 0.4) is 0 Å². The molecule has 0 aliphatic carbocycles. The molecule has 0 atom stereocenters. The molecular formula is C13H8ClFN2O4. The van der Waals surface area contributed by atoms with Crippen LogP contribution in [0.5, 0.6) is 11.5 Å². The second-order valence-electron chi connectivity index (χ2n) is 3.98. The third-order valence-corrected chi connectivity index (χ3v) is 2.85. The molecule has 2 N–H and O–H groups in total. The number of primary amides is 1. The SMILES string of the molecule is NC(=O)c1ccc(Oc2ccc(F)cc2Cl)c([N+](=O)[O-])c1. The van der Waals surface area contributed by atoms with Crippen molar-refractivity contribution in [3.8, 4) is 11.5 Å². The Morgan fingerprint density at radius 1 is 1.24 bits per heavy atom. The Kier molecular flexibility index (Phi) is 4.04. The highest BCUT2D eigenvalue weighted by Gasteiger charge is 2.19. The summed E-state index contributed by atoms with van der Waals surface area (Å²) in [6.45, 7) is 0. The molecule has 0 bridgehead atoms. The molecule has 2 aromatic rings. The van der Waals surface area contributed by atoms with E-state index < -0.39 is 22.3 Å². The number of carbonyl (C=O) groups is 1. The zero-order chi connectivity index (χ0) is 15.6. The van der Waals surface area contributed by atoms with E-state index in [2.05, 4.69) is 0 Å². The van der Waals surface area contributed by atoms with Gasteiger partial charge in [0.15, 0.2) is 0 Å². The Morgan fingerprint density at radius 3 is 2.48 bits per heavy atom. The van der Waals surface area contributed by atoms with Gasteiger partial charge in [0.2, 0.25) is 11.7 Å². The Morgan fingerprint density at radius 2 is 1.90 bits per heavy atom. The summed E-state index contributed by atoms with van der Waals surface area (Å²) in [6.07, 6.45) is 0. The maximum atomic E-state index is 12.9. The molecule has 2 aromatic carbocycles. The minimum Gasteiger partial charge on any atom is -0.449 e. The summed E-state index contributed by atoms with van der Waals surface area (Å²) in [5.74, 6) is -1.46. The Labute approximate surface area is 123 Å². The highest BCUT2D eigenvalue weighted by Crippen LogP contribution is 2.35. The molecule has 21 heavy (non-hydrogen) atoms. The molecule has 8 heteroatoms. The summed E-state index contributed by atoms with van der Waals surface area (Å²) >= 11 is 5.78. The molecule has 6 nitrogen and oxygen atoms in total. The third-order valence-electron chi connectivity index (χ3n) is 2.55. The van der Waals surface area contributed by atoms with E-state index in [4.69, 9.17) is 22.1 Å². The lowest BCUT2D eigenvalue weighted by atomic mass is 10.2. The number of ether oxygens (including phenoxy) is 1. The largest absolute Gasteiger partial charge is 0.449 e. The zero-order valence-electron chi connectivity index (χ0n) is 10.4. The van der Waals surface area contributed by atoms with Gasteiger partial charge in [0, 0.05) is 11.6 Å². The van der Waals surface area contributed by atoms with Crippen molar-refractivity contribution in [2.45, 2.75) is 0 Å². The lowest BCUT2D eigenvalue weighted by molar-refractivity contribution is -0.385. The Hall–Kier alpha value is -2.67. The predicted molar refractivity (Wildman–Crippen MR) is 73.1 cm³/mol. The van der Waals surface area contributed by atoms with Crippen LogP contribution in [-0.2, 0) is 0 Å². The van der Waals surface area contributed by atoms with Gasteiger partial charge < -0.3 is 10.5 Å². The van der Waals surface area contributed by atoms with Crippen molar-refractivity contribution in [2.75, 3.05) is 0 Å². The average molecular weight is 311 g/mol. The van der Waals surface area contributed by atoms with E-state index in [0.717, 1.165) is 18.2 Å². The number of amides is 1. The maximum absolute atomic E-state index is 12.9. The van der Waals surface area contributed by atoms with Crippen molar-refractivity contribution < 1.29 is 18.8 Å². The molecule has 0 saturated heterocycles. The smallest absolute Gasteiger partial charge is 0.312 e. The molecule has 2 rings (SSSR count). The minimum atomic E-state index is -0.801. The van der Waals surface area contributed by atoms with E-state index in [1.807, 2.05) is 0 Å². The molecular weight excluding hydrogens is 303 g/mol. The summed E-state index contributed by atoms with van der Waals surface area (Å²) in [5, 5.41) is 11.0. The monoisotopic (exact) mass is 310 g/mol. The Bertz CT molecular complexity index is 736. The van der Waals surface area contributed by atoms with Crippen LogP contribution in [0.2, 0.25) is 5.02 Å². The maximum Gasteiger partial charge on any atom is 0.312 e. The van der Waals surface area contributed by atoms with Gasteiger partial charge in [0.25, 0.3) is 0 Å². The van der Waals surface area contributed by atoms with Gasteiger partial charge in [-0.1, -0.05) is 11.6 Å². The molecule has 0 aromatic heterocycles. The highest BCUT2D eigenvalue weighted by molar-refractivity contribution is 6.32. The third kappa shape index (κ3) is 3.26. The molecule has 0 radical (unpaired) electrons. The average Bonchev–Trinajstić information content (AvgIpc) is 2.41. The fraction of sp³-hybridized carbons (Fsp3) is 0. The quantitative estimate of drug-likeness (QED) is 0.692. The molecule has 0 aliphatic rings. The van der Waals surface area contributed by atoms with Gasteiger partial charge in [-0.3, -0.25) is 14.9 Å². The fourth-order valence-electron chi connectivity index (χ4n) is 1.58. The van der Waals surface area contributed by atoms with E-state index in [9.17, 15) is 19.3 Å². The van der Waals surface area contributed by atoms with Crippen LogP contribution < -0.4 is 10.5 Å². The minimum absolute atomic E-state index is 0.0285. The molecule has 0 saturated carbocycles. The predicted octanol–water partition coefficient (Wildman–Crippen LogP) is 3.28. The first-order valence-electron chi connectivity index (χ1n) is 5.59. The number of carbonyl (C=O) groups excluding carboxylic acids is 1. The lowest BCUT2D eigenvalue weighted by Gasteiger charge is -2.08. The second-order valence-corrected chi connectivity index (χ2v) is 4.39. The van der Waals surface area contributed by atoms with Crippen molar-refractivity contribution in [1.29, 1.82) is 0 Å². The lowest BCUT2D eigenvalue weighted by Crippen LogP contribution is -2.11. The standard InChI is InChI=1S/C13H8ClFN2O4/c14-9-6-8(15)2-4-11(9)21-12-3-1-7(13(16)18)5-10(12)17(19)20/h1-6H,(H2,16,18). The molecule has 0 aliphatic heterocycles. The highest BCUT2D eigenvalue weighted by atomic mass is 35.5. The topological polar surface area (TPSA) is 95.5 Å². The first kappa shape index (κ1) is 14.7. The first-order chi connectivity index (χ1) is 9.88. The van der Waals surface area contributed by atoms with Gasteiger partial charge in [-0.2, -0.15) is 0 Å². The zero-order valence-corrected chi connectivity index (χ0v) is 11.1. The van der Waals surface area contributed by atoms with Gasteiger partial charge in [-0.15, -0.1) is 0 Å². The normalized spacial score (nSPS) is 10.2. The van der Waals surface area contributed by atoms with E-state index in [1.165, 1.54) is 18.2 Å². The number of nitrogens with zero attached hydrogens (tertiary/aromatic N) is 1. The van der Waals surface area contributed by atoms with E-state index in [1.54, 1.807) is 0 Å². The number of hydrogen-bond acceptors (Lipinski definition) is 4. The number of nitro benzene ring substituents is 1. The molecule has 0 fully saturated rings. The van der Waals surface area contributed by atoms with Crippen LogP contribution in [0.4, 0.5) is 10.1 Å². The number of benzene rings is 2. The molecule has 0 spiro atoms. The fourth-order valence-corrected chi connectivity index (χ4v) is 1.78. The molecule has 108 valence electrons. The summed E-state index contributed by atoms with van der Waals surface area (Å²) in [7, 11) is 0. The number of nitrogens with two attached hydrogens (primary N) is 1. The van der Waals surface area contributed by atoms with Crippen molar-refractivity contribution in [2.24, 2.45) is 5.73 Å². The van der Waals surface area contributed by atoms with Crippen LogP contribution in [0, 0.1) is 15.9 Å². The van der Waals surface area contributed by atoms with Crippen LogP contribution in [0.15, 0.2) is 36.4 Å². The van der Waals surface area contributed by atoms with Gasteiger partial charge in [-0.05, 0) is 30.3 Å². The summed E-state index contributed by atoms with van der Waals surface area (Å²) < 4.78 is 18.2. The number of rotatable bonds is 4. The van der Waals surface area contributed by atoms with E-state index >= 15 is 0 Å². The Balaban J connectivity index is 2.44. The van der Waals surface area contributed by atoms with Gasteiger partial charge in [-0.25, -0.2) is 4.39 Å². The van der Waals surface area contributed by atoms with E-state index in [-0.39, 0.29) is 22.1 Å². The van der Waals surface area contributed by atoms with Gasteiger partial charge in [0.05, 0.1) is 9.95 Å². The van der Waals surface area contributed by atoms with Crippen molar-refractivity contribution in [3.63, 3.8) is 0 Å². The number of nitro groups is 1. The summed E-state index contributed by atoms with van der Waals surface area (Å²) in [6, 6.07) is 6.85. The first-order valence-corrected chi connectivity index (χ1v) is 5.97. The van der Waals surface area contributed by atoms with Crippen LogP contribution in [0.1, 0.15) is 10.4 Å². The molecule has 0 heterocycles.